The number of halogens is 3. The van der Waals surface area contributed by atoms with Gasteiger partial charge in [0.2, 0.25) is 5.82 Å². The van der Waals surface area contributed by atoms with Crippen molar-refractivity contribution >= 4 is 11.7 Å². The van der Waals surface area contributed by atoms with Gasteiger partial charge in [0.1, 0.15) is 5.56 Å². The van der Waals surface area contributed by atoms with Gasteiger partial charge >= 0.3 is 11.7 Å². The number of aromatic nitrogens is 1. The number of nitro groups is 1. The summed E-state index contributed by atoms with van der Waals surface area (Å²) in [5.74, 6) is -2.81. The van der Waals surface area contributed by atoms with Crippen molar-refractivity contribution in [2.45, 2.75) is 13.3 Å². The highest BCUT2D eigenvalue weighted by molar-refractivity contribution is 5.90. The second-order valence-electron chi connectivity index (χ2n) is 3.00. The third kappa shape index (κ3) is 2.55. The Balaban J connectivity index is 3.49. The van der Waals surface area contributed by atoms with Crippen LogP contribution in [0.5, 0.6) is 0 Å². The number of nitrogens with zero attached hydrogens (tertiary/aromatic N) is 2. The van der Waals surface area contributed by atoms with Crippen molar-refractivity contribution in [1.29, 1.82) is 0 Å². The fourth-order valence-electron chi connectivity index (χ4n) is 1.25. The van der Waals surface area contributed by atoms with Gasteiger partial charge in [-0.25, -0.2) is 18.6 Å². The van der Waals surface area contributed by atoms with Crippen LogP contribution in [0.25, 0.3) is 0 Å². The number of hydrogen-bond acceptors (Lipinski definition) is 5. The predicted octanol–water partition coefficient (Wildman–Crippen LogP) is 2.24. The van der Waals surface area contributed by atoms with E-state index in [4.69, 9.17) is 0 Å². The lowest BCUT2D eigenvalue weighted by Gasteiger charge is -2.07. The van der Waals surface area contributed by atoms with Crippen LogP contribution >= 0.6 is 0 Å². The molecule has 0 radical (unpaired) electrons. The Labute approximate surface area is 98.5 Å². The number of alkyl halides is 2. The lowest BCUT2D eigenvalue weighted by molar-refractivity contribution is -0.389. The van der Waals surface area contributed by atoms with E-state index in [1.54, 1.807) is 0 Å². The van der Waals surface area contributed by atoms with Crippen molar-refractivity contribution in [3.63, 3.8) is 0 Å². The van der Waals surface area contributed by atoms with Crippen LogP contribution in [-0.4, -0.2) is 22.5 Å². The molecule has 0 bridgehead atoms. The molecule has 0 saturated carbocycles. The first-order valence-electron chi connectivity index (χ1n) is 4.68. The van der Waals surface area contributed by atoms with Crippen molar-refractivity contribution in [3.8, 4) is 0 Å². The molecule has 0 fully saturated rings. The van der Waals surface area contributed by atoms with Gasteiger partial charge in [0.05, 0.1) is 17.7 Å². The molecule has 0 N–H and O–H groups in total. The zero-order valence-electron chi connectivity index (χ0n) is 9.02. The topological polar surface area (TPSA) is 82.3 Å². The van der Waals surface area contributed by atoms with Crippen LogP contribution in [0.4, 0.5) is 18.9 Å². The van der Waals surface area contributed by atoms with Gasteiger partial charge < -0.3 is 4.74 Å². The molecule has 0 aromatic carbocycles. The van der Waals surface area contributed by atoms with Crippen LogP contribution in [0.3, 0.4) is 0 Å². The van der Waals surface area contributed by atoms with E-state index in [0.717, 1.165) is 0 Å². The molecule has 1 heterocycles. The van der Waals surface area contributed by atoms with Crippen LogP contribution < -0.4 is 0 Å². The van der Waals surface area contributed by atoms with E-state index >= 15 is 0 Å². The average Bonchev–Trinajstić information content (AvgIpc) is 2.27. The van der Waals surface area contributed by atoms with Crippen molar-refractivity contribution in [1.82, 2.24) is 4.98 Å². The van der Waals surface area contributed by atoms with Crippen LogP contribution in [0.15, 0.2) is 6.20 Å². The molecule has 0 saturated heterocycles. The van der Waals surface area contributed by atoms with Crippen molar-refractivity contribution in [2.75, 3.05) is 6.61 Å². The highest BCUT2D eigenvalue weighted by Gasteiger charge is 2.34. The third-order valence-corrected chi connectivity index (χ3v) is 1.91. The second-order valence-corrected chi connectivity index (χ2v) is 3.00. The molecule has 0 amide bonds. The number of esters is 1. The summed E-state index contributed by atoms with van der Waals surface area (Å²) in [6, 6.07) is 0. The van der Waals surface area contributed by atoms with E-state index in [0.29, 0.717) is 6.20 Å². The van der Waals surface area contributed by atoms with E-state index in [1.807, 2.05) is 0 Å². The van der Waals surface area contributed by atoms with Crippen LogP contribution in [0, 0.1) is 15.9 Å². The van der Waals surface area contributed by atoms with Gasteiger partial charge in [-0.05, 0) is 6.92 Å². The number of pyridine rings is 1. The quantitative estimate of drug-likeness (QED) is 0.473. The first-order valence-corrected chi connectivity index (χ1v) is 4.68. The Kier molecular flexibility index (Phi) is 4.18. The molecule has 0 aliphatic carbocycles. The van der Waals surface area contributed by atoms with Gasteiger partial charge in [-0.3, -0.25) is 10.1 Å². The summed E-state index contributed by atoms with van der Waals surface area (Å²) in [4.78, 5) is 23.6. The first kappa shape index (κ1) is 13.9. The first-order chi connectivity index (χ1) is 8.40. The molecule has 6 nitrogen and oxygen atoms in total. The summed E-state index contributed by atoms with van der Waals surface area (Å²) in [5.41, 5.74) is -3.80. The molecule has 18 heavy (non-hydrogen) atoms. The normalized spacial score (nSPS) is 10.5. The Bertz CT molecular complexity index is 493. The maximum Gasteiger partial charge on any atom is 0.357 e. The molecular formula is C9H7F3N2O4. The summed E-state index contributed by atoms with van der Waals surface area (Å²) in [5, 5.41) is 10.5. The lowest BCUT2D eigenvalue weighted by Crippen LogP contribution is -2.14. The minimum absolute atomic E-state index is 0.131. The fourth-order valence-corrected chi connectivity index (χ4v) is 1.25. The molecule has 0 aliphatic rings. The number of hydrogen-bond donors (Lipinski definition) is 0. The number of carbonyl (C=O) groups is 1. The van der Waals surface area contributed by atoms with Gasteiger partial charge in [0.15, 0.2) is 5.69 Å². The minimum atomic E-state index is -3.42. The number of carbonyl (C=O) groups excluding carboxylic acids is 1. The third-order valence-electron chi connectivity index (χ3n) is 1.91. The zero-order chi connectivity index (χ0) is 13.9. The molecule has 0 aliphatic heterocycles. The molecule has 0 unspecified atom stereocenters. The Morgan fingerprint density at radius 2 is 2.22 bits per heavy atom. The molecule has 98 valence electrons. The predicted molar refractivity (Wildman–Crippen MR) is 51.8 cm³/mol. The molecule has 0 spiro atoms. The summed E-state index contributed by atoms with van der Waals surface area (Å²) in [7, 11) is 0. The Morgan fingerprint density at radius 1 is 1.61 bits per heavy atom. The van der Waals surface area contributed by atoms with E-state index in [9.17, 15) is 28.1 Å². The van der Waals surface area contributed by atoms with Crippen LogP contribution in [0.1, 0.15) is 29.4 Å². The average molecular weight is 264 g/mol. The summed E-state index contributed by atoms with van der Waals surface area (Å²) in [6.45, 7) is 1.28. The molecular weight excluding hydrogens is 257 g/mol. The summed E-state index contributed by atoms with van der Waals surface area (Å²) in [6.07, 6.45) is -3.09. The van der Waals surface area contributed by atoms with Gasteiger partial charge in [0.25, 0.3) is 6.43 Å². The summed E-state index contributed by atoms with van der Waals surface area (Å²) < 4.78 is 42.9. The highest BCUT2D eigenvalue weighted by Crippen LogP contribution is 2.33. The molecule has 1 aromatic rings. The van der Waals surface area contributed by atoms with Gasteiger partial charge in [-0.15, -0.1) is 0 Å². The highest BCUT2D eigenvalue weighted by atomic mass is 19.3. The zero-order valence-corrected chi connectivity index (χ0v) is 9.02. The molecule has 9 heteroatoms. The Hall–Kier alpha value is -2.19. The Morgan fingerprint density at radius 3 is 2.67 bits per heavy atom. The van der Waals surface area contributed by atoms with Gasteiger partial charge in [-0.2, -0.15) is 4.39 Å². The number of rotatable bonds is 4. The molecule has 1 aromatic heterocycles. The largest absolute Gasteiger partial charge is 0.461 e. The number of ether oxygens (including phenoxy) is 1. The summed E-state index contributed by atoms with van der Waals surface area (Å²) >= 11 is 0. The van der Waals surface area contributed by atoms with E-state index < -0.39 is 40.1 Å². The monoisotopic (exact) mass is 264 g/mol. The minimum Gasteiger partial charge on any atom is -0.461 e. The van der Waals surface area contributed by atoms with Crippen LogP contribution in [-0.2, 0) is 4.74 Å². The van der Waals surface area contributed by atoms with E-state index in [1.165, 1.54) is 6.92 Å². The van der Waals surface area contributed by atoms with Crippen LogP contribution in [0.2, 0.25) is 0 Å². The van der Waals surface area contributed by atoms with Crippen molar-refractivity contribution in [2.24, 2.45) is 0 Å². The van der Waals surface area contributed by atoms with Crippen molar-refractivity contribution < 1.29 is 27.6 Å². The fraction of sp³-hybridized carbons (Fsp3) is 0.333. The van der Waals surface area contributed by atoms with Gasteiger partial charge in [-0.1, -0.05) is 0 Å². The smallest absolute Gasteiger partial charge is 0.357 e. The van der Waals surface area contributed by atoms with Crippen molar-refractivity contribution in [3.05, 3.63) is 33.4 Å². The van der Waals surface area contributed by atoms with Gasteiger partial charge in [0, 0.05) is 0 Å². The maximum atomic E-state index is 13.1. The maximum absolute atomic E-state index is 13.1. The lowest BCUT2D eigenvalue weighted by atomic mass is 10.1. The molecule has 0 atom stereocenters. The second kappa shape index (κ2) is 5.43. The van der Waals surface area contributed by atoms with E-state index in [2.05, 4.69) is 9.72 Å². The van der Waals surface area contributed by atoms with E-state index in [-0.39, 0.29) is 6.61 Å². The SMILES string of the molecule is CCOC(=O)c1ncc(F)c([N+](=O)[O-])c1C(F)F. The standard InChI is InChI=1S/C9H7F3N2O4/c1-2-18-9(15)6-5(8(11)12)7(14(16)17)4(10)3-13-6/h3,8H,2H2,1H3. The molecule has 1 rings (SSSR count).